The van der Waals surface area contributed by atoms with Crippen molar-refractivity contribution in [1.29, 1.82) is 0 Å². The van der Waals surface area contributed by atoms with Gasteiger partial charge in [-0.3, -0.25) is 9.59 Å². The van der Waals surface area contributed by atoms with Crippen molar-refractivity contribution in [3.63, 3.8) is 0 Å². The zero-order valence-corrected chi connectivity index (χ0v) is 36.4. The highest BCUT2D eigenvalue weighted by molar-refractivity contribution is 5.81. The van der Waals surface area contributed by atoms with Crippen molar-refractivity contribution in [2.45, 2.75) is 110 Å². The second-order valence-electron chi connectivity index (χ2n) is 15.4. The summed E-state index contributed by atoms with van der Waals surface area (Å²) in [5, 5.41) is 169. The van der Waals surface area contributed by atoms with E-state index in [4.69, 9.17) is 18.9 Å². The summed E-state index contributed by atoms with van der Waals surface area (Å²) in [6.45, 7) is 0.776. The lowest BCUT2D eigenvalue weighted by molar-refractivity contribution is -0.326. The normalized spacial score (nSPS) is 30.0. The lowest BCUT2D eigenvalue weighted by atomic mass is 9.98. The molecule has 28 nitrogen and oxygen atoms in total. The summed E-state index contributed by atoms with van der Waals surface area (Å²) in [5.74, 6) is -1.93. The average molecular weight is 943 g/mol. The van der Waals surface area contributed by atoms with Crippen molar-refractivity contribution in [1.82, 2.24) is 31.1 Å². The van der Waals surface area contributed by atoms with E-state index in [0.29, 0.717) is 13.1 Å². The zero-order valence-electron chi connectivity index (χ0n) is 36.4. The first-order valence-electron chi connectivity index (χ1n) is 20.6. The van der Waals surface area contributed by atoms with Gasteiger partial charge in [0.05, 0.1) is 26.4 Å². The molecule has 0 bridgehead atoms. The van der Waals surface area contributed by atoms with Crippen LogP contribution in [0.25, 0.3) is 0 Å². The van der Waals surface area contributed by atoms with Gasteiger partial charge in [-0.1, -0.05) is 0 Å². The third-order valence-electron chi connectivity index (χ3n) is 10.3. The van der Waals surface area contributed by atoms with Gasteiger partial charge in [0.25, 0.3) is 11.8 Å². The fourth-order valence-electron chi connectivity index (χ4n) is 6.12. The highest BCUT2D eigenvalue weighted by Crippen LogP contribution is 2.26. The number of amides is 2. The monoisotopic (exact) mass is 942 g/mol. The topological polar surface area (TPSA) is 449 Å². The van der Waals surface area contributed by atoms with E-state index < -0.39 is 148 Å². The predicted octanol–water partition coefficient (Wildman–Crippen LogP) is -13.0. The van der Waals surface area contributed by atoms with Crippen molar-refractivity contribution in [3.05, 3.63) is 0 Å². The molecule has 64 heavy (non-hydrogen) atoms. The van der Waals surface area contributed by atoms with Crippen LogP contribution in [0.5, 0.6) is 0 Å². The molecular formula is C36H74N6O22. The molecule has 18 atom stereocenters. The Labute approximate surface area is 370 Å². The van der Waals surface area contributed by atoms with E-state index in [1.165, 1.54) is 0 Å². The number of hydrogen-bond donors (Lipinski definition) is 20. The predicted molar refractivity (Wildman–Crippen MR) is 216 cm³/mol. The lowest BCUT2D eigenvalue weighted by Gasteiger charge is -2.42. The van der Waals surface area contributed by atoms with E-state index >= 15 is 0 Å². The van der Waals surface area contributed by atoms with E-state index in [2.05, 4.69) is 21.3 Å². The van der Waals surface area contributed by atoms with Gasteiger partial charge in [-0.05, 0) is 28.2 Å². The number of aliphatic hydroxyl groups excluding tert-OH is 16. The largest absolute Gasteiger partial charge is 0.394 e. The Balaban J connectivity index is 0.000000640. The van der Waals surface area contributed by atoms with Crippen LogP contribution in [0.2, 0.25) is 0 Å². The van der Waals surface area contributed by atoms with Crippen LogP contribution in [0.15, 0.2) is 0 Å². The first-order chi connectivity index (χ1) is 30.2. The third-order valence-corrected chi connectivity index (χ3v) is 10.3. The Hall–Kier alpha value is -2.02. The second kappa shape index (κ2) is 31.1. The Morgan fingerprint density at radius 2 is 0.844 bits per heavy atom. The molecule has 0 spiro atoms. The van der Waals surface area contributed by atoms with Gasteiger partial charge >= 0.3 is 0 Å². The molecule has 2 aliphatic heterocycles. The maximum atomic E-state index is 12.2. The van der Waals surface area contributed by atoms with Crippen molar-refractivity contribution < 1.29 is 110 Å². The average Bonchev–Trinajstić information content (AvgIpc) is 3.29. The van der Waals surface area contributed by atoms with Crippen molar-refractivity contribution >= 4 is 11.8 Å². The highest BCUT2D eigenvalue weighted by atomic mass is 16.7. The summed E-state index contributed by atoms with van der Waals surface area (Å²) < 4.78 is 20.8. The number of likely N-dealkylation sites (N-methyl/N-ethyl adjacent to an activating group) is 4. The molecule has 12 unspecified atom stereocenters. The Kier molecular flexibility index (Phi) is 29.2. The first kappa shape index (κ1) is 60.0. The molecule has 0 saturated carbocycles. The van der Waals surface area contributed by atoms with Crippen LogP contribution in [0.4, 0.5) is 0 Å². The molecule has 2 heterocycles. The highest BCUT2D eigenvalue weighted by Gasteiger charge is 2.49. The van der Waals surface area contributed by atoms with E-state index in [1.54, 1.807) is 14.1 Å². The van der Waals surface area contributed by atoms with Gasteiger partial charge in [-0.15, -0.1) is 0 Å². The summed E-state index contributed by atoms with van der Waals surface area (Å²) in [6.07, 6.45) is -32.4. The van der Waals surface area contributed by atoms with E-state index in [-0.39, 0.29) is 13.1 Å². The molecule has 2 rings (SSSR count). The van der Waals surface area contributed by atoms with E-state index in [9.17, 15) is 91.3 Å². The van der Waals surface area contributed by atoms with Crippen LogP contribution in [0.1, 0.15) is 0 Å². The smallest absolute Gasteiger partial charge is 0.251 e. The van der Waals surface area contributed by atoms with Gasteiger partial charge in [0.2, 0.25) is 0 Å². The fourth-order valence-corrected chi connectivity index (χ4v) is 6.12. The molecular weight excluding hydrogens is 868 g/mol. The summed E-state index contributed by atoms with van der Waals surface area (Å²) in [7, 11) is 7.26. The number of carbonyl (C=O) groups excluding carboxylic acids is 2. The first-order valence-corrected chi connectivity index (χ1v) is 20.6. The van der Waals surface area contributed by atoms with Gasteiger partial charge < -0.3 is 132 Å². The number of nitrogens with one attached hydrogen (secondary N) is 4. The maximum Gasteiger partial charge on any atom is 0.251 e. The molecule has 2 fully saturated rings. The minimum absolute atomic E-state index is 0.156. The van der Waals surface area contributed by atoms with Crippen LogP contribution in [0.3, 0.4) is 0 Å². The number of aliphatic hydroxyl groups is 16. The van der Waals surface area contributed by atoms with Crippen molar-refractivity contribution in [3.8, 4) is 0 Å². The summed E-state index contributed by atoms with van der Waals surface area (Å²) in [4.78, 5) is 28.2. The van der Waals surface area contributed by atoms with Gasteiger partial charge in [0, 0.05) is 52.4 Å². The minimum atomic E-state index is -2.08. The third kappa shape index (κ3) is 18.6. The lowest BCUT2D eigenvalue weighted by Crippen LogP contribution is -2.62. The van der Waals surface area contributed by atoms with Crippen LogP contribution in [0, 0.1) is 0 Å². The Morgan fingerprint density at radius 1 is 0.531 bits per heavy atom. The SMILES string of the molecule is CNCCN(C)CCNC(=O)C(O)C(O)C(O[C@@H]1OC(CO)[C@H](O)[C@H](O)C1O)C(O)CO.CNCCN(C)CCNC(=O)C(O)C(O)C(O[C@@H]1OC(CO)[C@H](O)[C@H](O)C1O)C(O)CO. The molecule has 0 aliphatic carbocycles. The number of carbonyl (C=O) groups is 2. The molecule has 0 radical (unpaired) electrons. The van der Waals surface area contributed by atoms with Crippen LogP contribution in [-0.2, 0) is 28.5 Å². The van der Waals surface area contributed by atoms with Crippen LogP contribution < -0.4 is 21.3 Å². The molecule has 0 aromatic rings. The van der Waals surface area contributed by atoms with Crippen LogP contribution >= 0.6 is 0 Å². The van der Waals surface area contributed by atoms with Gasteiger partial charge in [-0.25, -0.2) is 0 Å². The van der Waals surface area contributed by atoms with Gasteiger partial charge in [0.1, 0.15) is 85.5 Å². The molecule has 20 N–H and O–H groups in total. The Morgan fingerprint density at radius 3 is 1.12 bits per heavy atom. The minimum Gasteiger partial charge on any atom is -0.394 e. The number of rotatable bonds is 28. The quantitative estimate of drug-likeness (QED) is 0.0346. The summed E-state index contributed by atoms with van der Waals surface area (Å²) in [6, 6.07) is 0. The van der Waals surface area contributed by atoms with Gasteiger partial charge in [-0.2, -0.15) is 0 Å². The summed E-state index contributed by atoms with van der Waals surface area (Å²) in [5.41, 5.74) is 0. The standard InChI is InChI=1S/2C18H37N3O11/c2*1-19-3-5-21(2)6-4-20-17(30)14(28)13(27)16(9(24)7-22)32-18-15(29)12(26)11(25)10(8-23)31-18/h2*9-16,18-19,22-29H,3-8H2,1-2H3,(H,20,30)/t2*9?,10?,11-,12-,13?,14?,15?,16?,18-/m00/s1. The second-order valence-corrected chi connectivity index (χ2v) is 15.4. The van der Waals surface area contributed by atoms with Crippen molar-refractivity contribution in [2.24, 2.45) is 0 Å². The number of hydrogen-bond acceptors (Lipinski definition) is 26. The number of ether oxygens (including phenoxy) is 4. The summed E-state index contributed by atoms with van der Waals surface area (Å²) >= 11 is 0. The van der Waals surface area contributed by atoms with E-state index in [0.717, 1.165) is 26.2 Å². The molecule has 2 saturated heterocycles. The van der Waals surface area contributed by atoms with E-state index in [1.807, 2.05) is 23.9 Å². The van der Waals surface area contributed by atoms with Gasteiger partial charge in [0.15, 0.2) is 24.8 Å². The molecule has 28 heteroatoms. The Bertz CT molecular complexity index is 1180. The molecule has 0 aromatic carbocycles. The molecule has 2 amide bonds. The number of nitrogens with zero attached hydrogens (tertiary/aromatic N) is 2. The molecule has 2 aliphatic rings. The van der Waals surface area contributed by atoms with Crippen LogP contribution in [-0.4, -0.2) is 321 Å². The molecule has 380 valence electrons. The molecule has 0 aromatic heterocycles. The fraction of sp³-hybridized carbons (Fsp3) is 0.944. The zero-order chi connectivity index (χ0) is 48.8. The maximum absolute atomic E-state index is 12.2. The van der Waals surface area contributed by atoms with Crippen molar-refractivity contribution in [2.75, 3.05) is 107 Å².